The van der Waals surface area contributed by atoms with E-state index in [2.05, 4.69) is 51.5 Å². The van der Waals surface area contributed by atoms with Gasteiger partial charge in [-0.05, 0) is 148 Å². The largest absolute Gasteiger partial charge is 0.491 e. The molecule has 6 aromatic rings. The molecule has 0 atom stereocenters. The summed E-state index contributed by atoms with van der Waals surface area (Å²) in [5.41, 5.74) is 1.47. The molecule has 6 aromatic carbocycles. The normalized spacial score (nSPS) is 12.9. The minimum Gasteiger partial charge on any atom is -0.491 e. The Bertz CT molecular complexity index is 4060. The number of nitrogens with zero attached hydrogens (tertiary/aromatic N) is 8. The maximum absolute atomic E-state index is 13.5. The van der Waals surface area contributed by atoms with Gasteiger partial charge in [-0.15, -0.1) is 20.5 Å². The van der Waals surface area contributed by atoms with Crippen LogP contribution >= 0.6 is 0 Å². The van der Waals surface area contributed by atoms with Gasteiger partial charge in [0.05, 0.1) is 57.3 Å². The first-order valence-corrected chi connectivity index (χ1v) is 32.7. The lowest BCUT2D eigenvalue weighted by atomic mass is 10.2. The zero-order chi connectivity index (χ0) is 61.8. The summed E-state index contributed by atoms with van der Waals surface area (Å²) < 4.78 is 207. The highest BCUT2D eigenvalue weighted by atomic mass is 32.2. The SMILES string of the molecule is Cc1cc(N=Nc2ccc(NC(=O)Nc3ccc(N=Nc4ccc(N=Nc5ccc(S(=O)(=O)O)cc5S(=O)(=O)O)c(C)c4)c(OCCCCS(=O)(=O)O)c3)cc2OCCCCS(=O)(=O)O)ccc1N=Nc1ccc(S(=O)(=O)O)cc1S(=O)(=O)O. The predicted molar refractivity (Wildman–Crippen MR) is 299 cm³/mol. The van der Waals surface area contributed by atoms with Gasteiger partial charge in [0.15, 0.2) is 0 Å². The summed E-state index contributed by atoms with van der Waals surface area (Å²) in [6.45, 7) is 3.04. The first kappa shape index (κ1) is 65.2. The molecular formula is C47H48N10O21S6. The third-order valence-corrected chi connectivity index (χ3v) is 16.1. The van der Waals surface area contributed by atoms with Crippen LogP contribution in [0.5, 0.6) is 11.5 Å². The number of nitrogens with one attached hydrogen (secondary N) is 2. The molecule has 0 saturated heterocycles. The minimum absolute atomic E-state index is 0.0278. The Labute approximate surface area is 480 Å². The van der Waals surface area contributed by atoms with E-state index < -0.39 is 109 Å². The van der Waals surface area contributed by atoms with E-state index in [4.69, 9.17) is 18.6 Å². The molecule has 6 rings (SSSR count). The quantitative estimate of drug-likeness (QED) is 0.0142. The van der Waals surface area contributed by atoms with Crippen molar-refractivity contribution in [1.82, 2.24) is 0 Å². The molecule has 0 unspecified atom stereocenters. The molecular weight excluding hydrogens is 1230 g/mol. The zero-order valence-corrected chi connectivity index (χ0v) is 48.3. The predicted octanol–water partition coefficient (Wildman–Crippen LogP) is 10.7. The highest BCUT2D eigenvalue weighted by Crippen LogP contribution is 2.37. The molecule has 448 valence electrons. The molecule has 37 heteroatoms. The lowest BCUT2D eigenvalue weighted by Gasteiger charge is -2.13. The number of rotatable bonds is 26. The van der Waals surface area contributed by atoms with Gasteiger partial charge in [0.2, 0.25) is 0 Å². The topological polar surface area (TPSA) is 485 Å². The lowest BCUT2D eigenvalue weighted by Crippen LogP contribution is -2.19. The van der Waals surface area contributed by atoms with Crippen LogP contribution in [0.15, 0.2) is 170 Å². The summed E-state index contributed by atoms with van der Waals surface area (Å²) in [4.78, 5) is 9.96. The molecule has 0 heterocycles. The van der Waals surface area contributed by atoms with Crippen molar-refractivity contribution < 1.29 is 92.1 Å². The van der Waals surface area contributed by atoms with Crippen LogP contribution in [0.2, 0.25) is 0 Å². The van der Waals surface area contributed by atoms with E-state index in [1.807, 2.05) is 0 Å². The number of urea groups is 1. The van der Waals surface area contributed by atoms with Crippen LogP contribution in [0.3, 0.4) is 0 Å². The first-order chi connectivity index (χ1) is 39.1. The van der Waals surface area contributed by atoms with Crippen molar-refractivity contribution in [3.05, 3.63) is 120 Å². The van der Waals surface area contributed by atoms with Crippen molar-refractivity contribution in [1.29, 1.82) is 0 Å². The van der Waals surface area contributed by atoms with Crippen LogP contribution < -0.4 is 20.1 Å². The molecule has 0 fully saturated rings. The van der Waals surface area contributed by atoms with Gasteiger partial charge in [0.1, 0.15) is 44.0 Å². The van der Waals surface area contributed by atoms with Gasteiger partial charge in [-0.25, -0.2) is 4.79 Å². The molecule has 84 heavy (non-hydrogen) atoms. The molecule has 0 saturated carbocycles. The number of aryl methyl sites for hydroxylation is 2. The van der Waals surface area contributed by atoms with Crippen LogP contribution in [-0.4, -0.2) is 109 Å². The number of ether oxygens (including phenoxy) is 2. The fourth-order valence-corrected chi connectivity index (χ4v) is 10.6. The van der Waals surface area contributed by atoms with E-state index in [0.29, 0.717) is 23.3 Å². The smallest absolute Gasteiger partial charge is 0.323 e. The number of carbonyl (C=O) groups excluding carboxylic acids is 1. The van der Waals surface area contributed by atoms with Gasteiger partial charge < -0.3 is 20.1 Å². The number of benzene rings is 6. The van der Waals surface area contributed by atoms with Gasteiger partial charge in [-0.2, -0.15) is 71.0 Å². The summed E-state index contributed by atoms with van der Waals surface area (Å²) in [7, 11) is -28.2. The number of hydrogen-bond acceptors (Lipinski definition) is 23. The highest BCUT2D eigenvalue weighted by Gasteiger charge is 2.23. The van der Waals surface area contributed by atoms with Crippen molar-refractivity contribution in [2.75, 3.05) is 35.4 Å². The van der Waals surface area contributed by atoms with Gasteiger partial charge in [0.25, 0.3) is 60.7 Å². The van der Waals surface area contributed by atoms with Crippen LogP contribution in [0.25, 0.3) is 0 Å². The molecule has 0 aliphatic rings. The van der Waals surface area contributed by atoms with Crippen LogP contribution in [-0.2, 0) is 60.7 Å². The van der Waals surface area contributed by atoms with E-state index in [0.717, 1.165) is 24.3 Å². The number of amides is 2. The Morgan fingerprint density at radius 3 is 1.06 bits per heavy atom. The van der Waals surface area contributed by atoms with Crippen molar-refractivity contribution in [2.45, 2.75) is 59.1 Å². The summed E-state index contributed by atoms with van der Waals surface area (Å²) in [5, 5.41) is 38.0. The van der Waals surface area contributed by atoms with Crippen LogP contribution in [0.4, 0.5) is 61.7 Å². The Hall–Kier alpha value is -7.95. The second-order valence-corrected chi connectivity index (χ2v) is 26.3. The molecule has 0 aromatic heterocycles. The van der Waals surface area contributed by atoms with Gasteiger partial charge in [0, 0.05) is 23.5 Å². The molecule has 0 spiro atoms. The average molecular weight is 1280 g/mol. The zero-order valence-electron chi connectivity index (χ0n) is 43.4. The fraction of sp³-hybridized carbons (Fsp3) is 0.213. The molecule has 2 amide bonds. The molecule has 0 radical (unpaired) electrons. The standard InChI is InChI=1S/C47H48N10O21S6/c1-29-23-33(9-13-37(29)52-56-41-17-11-35(81(65,66)67)27-45(41)83(71,72)73)50-54-39-15-7-31(25-43(39)77-19-3-5-21-79(59,60)61)48-47(58)49-32-8-16-40(44(26-32)78-20-4-6-22-80(62,63)64)55-51-34-10-14-38(30(2)24-34)53-57-42-18-12-36(82(68,69)70)28-46(42)84(74,75)76/h7-18,23-28H,3-6,19-22H2,1-2H3,(H2,48,49,58)(H,59,60,61)(H,62,63,64)(H,65,66,67)(H,68,69,70)(H,71,72,73)(H,74,75,76). The molecule has 0 aliphatic carbocycles. The number of carbonyl (C=O) groups is 1. The van der Waals surface area contributed by atoms with Gasteiger partial charge in [-0.3, -0.25) is 27.3 Å². The van der Waals surface area contributed by atoms with Crippen LogP contribution in [0.1, 0.15) is 36.8 Å². The minimum atomic E-state index is -5.02. The average Bonchev–Trinajstić information content (AvgIpc) is 2.67. The number of hydrogen-bond donors (Lipinski definition) is 8. The second kappa shape index (κ2) is 27.2. The summed E-state index contributed by atoms with van der Waals surface area (Å²) in [5.74, 6) is -0.938. The molecule has 0 bridgehead atoms. The number of anilines is 2. The number of azo groups is 4. The van der Waals surface area contributed by atoms with E-state index in [9.17, 15) is 73.5 Å². The van der Waals surface area contributed by atoms with Crippen molar-refractivity contribution in [3.8, 4) is 11.5 Å². The Morgan fingerprint density at radius 1 is 0.393 bits per heavy atom. The highest BCUT2D eigenvalue weighted by molar-refractivity contribution is 7.87. The van der Waals surface area contributed by atoms with Gasteiger partial charge >= 0.3 is 6.03 Å². The molecule has 31 nitrogen and oxygen atoms in total. The maximum atomic E-state index is 13.5. The van der Waals surface area contributed by atoms with E-state index in [1.165, 1.54) is 72.8 Å². The maximum Gasteiger partial charge on any atom is 0.323 e. The van der Waals surface area contributed by atoms with E-state index in [1.54, 1.807) is 13.8 Å². The van der Waals surface area contributed by atoms with E-state index >= 15 is 0 Å². The van der Waals surface area contributed by atoms with Crippen molar-refractivity contribution >= 4 is 124 Å². The third kappa shape index (κ3) is 20.1. The fourth-order valence-electron chi connectivity index (χ4n) is 6.97. The number of unbranched alkanes of at least 4 members (excludes halogenated alkanes) is 2. The lowest BCUT2D eigenvalue weighted by molar-refractivity contribution is 0.262. The molecule has 0 aliphatic heterocycles. The molecule has 8 N–H and O–H groups in total. The summed E-state index contributed by atoms with van der Waals surface area (Å²) in [6, 6.07) is 21.2. The first-order valence-electron chi connectivity index (χ1n) is 23.7. The monoisotopic (exact) mass is 1280 g/mol. The summed E-state index contributed by atoms with van der Waals surface area (Å²) in [6.07, 6.45) is 0.375. The Balaban J connectivity index is 1.20. The second-order valence-electron chi connectivity index (χ2n) is 17.5. The Morgan fingerprint density at radius 2 is 0.726 bits per heavy atom. The van der Waals surface area contributed by atoms with Gasteiger partial charge in [-0.1, -0.05) is 0 Å². The van der Waals surface area contributed by atoms with Crippen molar-refractivity contribution in [3.63, 3.8) is 0 Å². The third-order valence-electron chi connectivity index (χ3n) is 11.0. The van der Waals surface area contributed by atoms with Crippen LogP contribution in [0, 0.1) is 13.8 Å². The Kier molecular flexibility index (Phi) is 21.1. The van der Waals surface area contributed by atoms with E-state index in [-0.39, 0.29) is 95.9 Å². The summed E-state index contributed by atoms with van der Waals surface area (Å²) >= 11 is 0. The van der Waals surface area contributed by atoms with Crippen molar-refractivity contribution in [2.24, 2.45) is 40.9 Å².